The molecule has 0 aliphatic rings. The Morgan fingerprint density at radius 1 is 1.08 bits per heavy atom. The molecule has 0 aliphatic carbocycles. The highest BCUT2D eigenvalue weighted by molar-refractivity contribution is 6.31. The Bertz CT molecular complexity index is 1470. The minimum absolute atomic E-state index is 0.0218. The first kappa shape index (κ1) is 27.9. The molecule has 0 spiro atoms. The Morgan fingerprint density at radius 3 is 2.55 bits per heavy atom. The first-order valence-corrected chi connectivity index (χ1v) is 15.1. The second-order valence-corrected chi connectivity index (χ2v) is 10.8. The zero-order valence-corrected chi connectivity index (χ0v) is 24.2. The molecule has 10 heteroatoms. The van der Waals surface area contributed by atoms with E-state index in [1.165, 1.54) is 12.1 Å². The fraction of sp³-hybridized carbons (Fsp3) is 0.250. The summed E-state index contributed by atoms with van der Waals surface area (Å²) in [5.41, 5.74) is 2.66. The van der Waals surface area contributed by atoms with Crippen LogP contribution in [-0.4, -0.2) is 40.8 Å². The molecule has 0 saturated carbocycles. The summed E-state index contributed by atoms with van der Waals surface area (Å²) in [6, 6.07) is 14.0. The summed E-state index contributed by atoms with van der Waals surface area (Å²) < 4.78 is 25.4. The van der Waals surface area contributed by atoms with Crippen LogP contribution in [0.25, 0.3) is 22.3 Å². The average Bonchev–Trinajstić information content (AvgIpc) is 2.91. The van der Waals surface area contributed by atoms with Gasteiger partial charge in [-0.25, -0.2) is 14.4 Å². The lowest BCUT2D eigenvalue weighted by Crippen LogP contribution is -2.35. The molecule has 2 aromatic carbocycles. The molecule has 2 heterocycles. The monoisotopic (exact) mass is 560 g/mol. The Kier molecular flexibility index (Phi) is 9.25. The largest absolute Gasteiger partial charge is 0.394 e. The Balaban J connectivity index is 1.70. The lowest BCUT2D eigenvalue weighted by Gasteiger charge is -2.32. The van der Waals surface area contributed by atoms with E-state index in [4.69, 9.17) is 30.4 Å². The lowest BCUT2D eigenvalue weighted by atomic mass is 9.89. The van der Waals surface area contributed by atoms with Crippen molar-refractivity contribution >= 4 is 53.5 Å². The first-order chi connectivity index (χ1) is 18.3. The summed E-state index contributed by atoms with van der Waals surface area (Å²) in [6.45, 7) is 8.16. The van der Waals surface area contributed by atoms with Crippen molar-refractivity contribution in [1.82, 2.24) is 15.0 Å². The van der Waals surface area contributed by atoms with Gasteiger partial charge < -0.3 is 14.2 Å². The van der Waals surface area contributed by atoms with Crippen LogP contribution < -0.4 is 5.32 Å². The summed E-state index contributed by atoms with van der Waals surface area (Å²) in [6.07, 6.45) is 3.69. The van der Waals surface area contributed by atoms with Gasteiger partial charge in [-0.1, -0.05) is 37.3 Å². The normalized spacial score (nSPS) is 11.4. The summed E-state index contributed by atoms with van der Waals surface area (Å²) in [5.74, 6) is 7.14. The minimum Gasteiger partial charge on any atom is -0.394 e. The molecule has 0 atom stereocenters. The van der Waals surface area contributed by atoms with E-state index in [0.29, 0.717) is 43.3 Å². The van der Waals surface area contributed by atoms with E-state index >= 15 is 0 Å². The van der Waals surface area contributed by atoms with Crippen molar-refractivity contribution in [2.45, 2.75) is 39.7 Å². The van der Waals surface area contributed by atoms with Gasteiger partial charge in [0.25, 0.3) is 0 Å². The molecule has 38 heavy (non-hydrogen) atoms. The van der Waals surface area contributed by atoms with Gasteiger partial charge in [-0.3, -0.25) is 4.98 Å². The van der Waals surface area contributed by atoms with Gasteiger partial charge in [0.2, 0.25) is 19.5 Å². The SMILES string of the molecule is C[Si]OC(O[Si]C)C(C)(C)CC#Cc1ccc2nc(-c3cccnc3)nc(Nc3ccc(F)c(Cl)c3)c2c1. The molecule has 4 rings (SSSR count). The predicted octanol–water partition coefficient (Wildman–Crippen LogP) is 6.69. The van der Waals surface area contributed by atoms with Gasteiger partial charge in [-0.2, -0.15) is 0 Å². The molecule has 2 aromatic heterocycles. The number of hydrogen-bond acceptors (Lipinski definition) is 6. The maximum absolute atomic E-state index is 13.7. The van der Waals surface area contributed by atoms with Crippen LogP contribution in [0.4, 0.5) is 15.9 Å². The number of fused-ring (bicyclic) bond motifs is 1. The number of benzene rings is 2. The molecule has 0 aliphatic heterocycles. The molecule has 6 nitrogen and oxygen atoms in total. The molecule has 192 valence electrons. The number of nitrogens with zero attached hydrogens (tertiary/aromatic N) is 3. The summed E-state index contributed by atoms with van der Waals surface area (Å²) in [4.78, 5) is 13.7. The van der Waals surface area contributed by atoms with Crippen LogP contribution in [0.15, 0.2) is 60.9 Å². The summed E-state index contributed by atoms with van der Waals surface area (Å²) in [7, 11) is 0.677. The van der Waals surface area contributed by atoms with E-state index in [-0.39, 0.29) is 16.7 Å². The third-order valence-corrected chi connectivity index (χ3v) is 6.85. The van der Waals surface area contributed by atoms with Gasteiger partial charge in [0.1, 0.15) is 17.9 Å². The number of anilines is 2. The maximum Gasteiger partial charge on any atom is 0.229 e. The standard InChI is InChI=1S/C28H26ClFN4O2Si2/c1-28(2,27(35-37-3)36-38-4)13-5-7-18-9-12-24-21(15-18)26(32-20-10-11-23(30)22(29)16-20)34-25(33-24)19-8-6-14-31-17-19/h6,8-12,14-17,27H,13H2,1-4H3,(H,32,33,34). The van der Waals surface area contributed by atoms with E-state index in [1.807, 2.05) is 43.4 Å². The second kappa shape index (κ2) is 12.6. The van der Waals surface area contributed by atoms with Crippen LogP contribution in [0, 0.1) is 23.1 Å². The lowest BCUT2D eigenvalue weighted by molar-refractivity contribution is -0.0762. The summed E-state index contributed by atoms with van der Waals surface area (Å²) in [5, 5.41) is 4.07. The number of rotatable bonds is 9. The van der Waals surface area contributed by atoms with Gasteiger partial charge in [0.15, 0.2) is 5.82 Å². The van der Waals surface area contributed by atoms with Crippen LogP contribution in [0.5, 0.6) is 0 Å². The van der Waals surface area contributed by atoms with Crippen LogP contribution in [0.3, 0.4) is 0 Å². The van der Waals surface area contributed by atoms with Crippen molar-refractivity contribution in [2.24, 2.45) is 5.41 Å². The highest BCUT2D eigenvalue weighted by Crippen LogP contribution is 2.30. The number of pyridine rings is 1. The number of halogens is 2. The van der Waals surface area contributed by atoms with Crippen LogP contribution in [0.1, 0.15) is 25.8 Å². The molecule has 0 saturated heterocycles. The molecule has 1 N–H and O–H groups in total. The Labute approximate surface area is 232 Å². The van der Waals surface area contributed by atoms with Gasteiger partial charge in [0.05, 0.1) is 10.5 Å². The van der Waals surface area contributed by atoms with Gasteiger partial charge in [-0.15, -0.1) is 0 Å². The van der Waals surface area contributed by atoms with E-state index in [1.54, 1.807) is 18.5 Å². The predicted molar refractivity (Wildman–Crippen MR) is 152 cm³/mol. The topological polar surface area (TPSA) is 69.2 Å². The number of aromatic nitrogens is 3. The fourth-order valence-electron chi connectivity index (χ4n) is 3.65. The molecule has 0 fully saturated rings. The number of hydrogen-bond donors (Lipinski definition) is 1. The first-order valence-electron chi connectivity index (χ1n) is 11.9. The molecular weight excluding hydrogens is 535 g/mol. The Morgan fingerprint density at radius 2 is 1.87 bits per heavy atom. The third-order valence-electron chi connectivity index (χ3n) is 5.66. The zero-order valence-electron chi connectivity index (χ0n) is 21.5. The second-order valence-electron chi connectivity index (χ2n) is 9.07. The van der Waals surface area contributed by atoms with E-state index in [9.17, 15) is 4.39 Å². The van der Waals surface area contributed by atoms with Crippen LogP contribution in [0.2, 0.25) is 18.1 Å². The molecule has 0 bridgehead atoms. The van der Waals surface area contributed by atoms with Crippen molar-refractivity contribution in [3.8, 4) is 23.2 Å². The van der Waals surface area contributed by atoms with Crippen LogP contribution in [-0.2, 0) is 8.85 Å². The number of nitrogens with one attached hydrogen (secondary N) is 1. The van der Waals surface area contributed by atoms with Gasteiger partial charge >= 0.3 is 0 Å². The van der Waals surface area contributed by atoms with Crippen molar-refractivity contribution in [3.05, 3.63) is 77.3 Å². The fourth-order valence-corrected chi connectivity index (χ4v) is 5.09. The molecule has 0 amide bonds. The molecule has 0 unspecified atom stereocenters. The van der Waals surface area contributed by atoms with E-state index < -0.39 is 5.82 Å². The van der Waals surface area contributed by atoms with Crippen molar-refractivity contribution in [2.75, 3.05) is 5.32 Å². The maximum atomic E-state index is 13.7. The summed E-state index contributed by atoms with van der Waals surface area (Å²) >= 11 is 6.02. The van der Waals surface area contributed by atoms with Crippen LogP contribution >= 0.6 is 11.6 Å². The highest BCUT2D eigenvalue weighted by Gasteiger charge is 2.29. The quantitative estimate of drug-likeness (QED) is 0.140. The minimum atomic E-state index is -0.488. The molecular formula is C28H26ClFN4O2Si2. The van der Waals surface area contributed by atoms with Crippen molar-refractivity contribution in [3.63, 3.8) is 0 Å². The van der Waals surface area contributed by atoms with E-state index in [2.05, 4.69) is 36.0 Å². The van der Waals surface area contributed by atoms with Gasteiger partial charge in [0, 0.05) is 46.4 Å². The van der Waals surface area contributed by atoms with Crippen molar-refractivity contribution in [1.29, 1.82) is 0 Å². The highest BCUT2D eigenvalue weighted by atomic mass is 35.5. The molecule has 4 radical (unpaired) electrons. The Hall–Kier alpha value is -3.14. The van der Waals surface area contributed by atoms with Crippen molar-refractivity contribution < 1.29 is 13.2 Å². The average molecular weight is 561 g/mol. The zero-order chi connectivity index (χ0) is 27.1. The third kappa shape index (κ3) is 6.84. The van der Waals surface area contributed by atoms with Gasteiger partial charge in [-0.05, 0) is 61.6 Å². The smallest absolute Gasteiger partial charge is 0.229 e. The van der Waals surface area contributed by atoms with E-state index in [0.717, 1.165) is 22.0 Å². The molecule has 4 aromatic rings.